The highest BCUT2D eigenvalue weighted by atomic mass is 16.8. The highest BCUT2D eigenvalue weighted by Crippen LogP contribution is 2.76. The van der Waals surface area contributed by atoms with Crippen molar-refractivity contribution in [2.24, 2.45) is 50.2 Å². The van der Waals surface area contributed by atoms with Gasteiger partial charge in [-0.1, -0.05) is 60.1 Å². The normalized spacial score (nSPS) is 51.6. The van der Waals surface area contributed by atoms with Gasteiger partial charge in [0, 0.05) is 0 Å². The third-order valence-electron chi connectivity index (χ3n) is 17.4. The van der Waals surface area contributed by atoms with E-state index in [1.165, 1.54) is 5.57 Å². The van der Waals surface area contributed by atoms with E-state index in [1.54, 1.807) is 0 Å². The summed E-state index contributed by atoms with van der Waals surface area (Å²) in [5.41, 5.74) is 0.00600. The summed E-state index contributed by atoms with van der Waals surface area (Å²) in [6.45, 7) is 15.6. The minimum absolute atomic E-state index is 0.0257. The number of aliphatic hydroxyl groups excluding tert-OH is 6. The van der Waals surface area contributed by atoms with Crippen LogP contribution in [-0.4, -0.2) is 129 Å². The molecule has 6 fully saturated rings. The van der Waals surface area contributed by atoms with Crippen LogP contribution < -0.4 is 0 Å². The van der Waals surface area contributed by atoms with Gasteiger partial charge in [-0.2, -0.15) is 0 Å². The van der Waals surface area contributed by atoms with Gasteiger partial charge in [0.05, 0.1) is 25.2 Å². The second-order valence-electron chi connectivity index (χ2n) is 20.9. The lowest BCUT2D eigenvalue weighted by atomic mass is 9.33. The van der Waals surface area contributed by atoms with Gasteiger partial charge in [0.25, 0.3) is 0 Å². The predicted octanol–water partition coefficient (Wildman–Crippen LogP) is 3.06. The number of allylic oxidation sites excluding steroid dienone is 2. The highest BCUT2D eigenvalue weighted by Gasteiger charge is 2.70. The lowest BCUT2D eigenvalue weighted by Gasteiger charge is -2.71. The summed E-state index contributed by atoms with van der Waals surface area (Å²) >= 11 is 0. The third kappa shape index (κ3) is 6.48. The van der Waals surface area contributed by atoms with Gasteiger partial charge in [0.2, 0.25) is 0 Å². The second-order valence-corrected chi connectivity index (χ2v) is 20.9. The van der Waals surface area contributed by atoms with E-state index < -0.39 is 96.9 Å². The first-order valence-electron chi connectivity index (χ1n) is 21.2. The number of methoxy groups -OCH3 is 1. The van der Waals surface area contributed by atoms with Crippen LogP contribution in [0.15, 0.2) is 11.6 Å². The Bertz CT molecular complexity index is 1580. The third-order valence-corrected chi connectivity index (χ3v) is 17.4. The molecule has 4 saturated carbocycles. The molecular formula is C43H68O14. The predicted molar refractivity (Wildman–Crippen MR) is 203 cm³/mol. The van der Waals surface area contributed by atoms with Crippen molar-refractivity contribution in [3.05, 3.63) is 11.6 Å². The fraction of sp³-hybridized carbons (Fsp3) is 0.907. The largest absolute Gasteiger partial charge is 0.481 e. The lowest BCUT2D eigenvalue weighted by molar-refractivity contribution is -0.374. The Kier molecular flexibility index (Phi) is 11.2. The van der Waals surface area contributed by atoms with Crippen LogP contribution in [0.5, 0.6) is 0 Å². The Morgan fingerprint density at radius 2 is 1.46 bits per heavy atom. The molecule has 0 radical (unpaired) electrons. The number of hydrogen-bond donors (Lipinski definition) is 7. The van der Waals surface area contributed by atoms with E-state index in [4.69, 9.17) is 23.7 Å². The Morgan fingerprint density at radius 1 is 0.772 bits per heavy atom. The molecule has 7 aliphatic rings. The number of ether oxygens (including phenoxy) is 5. The molecule has 0 unspecified atom stereocenters. The molecule has 18 atom stereocenters. The smallest absolute Gasteiger partial charge is 0.337 e. The van der Waals surface area contributed by atoms with E-state index in [9.17, 15) is 45.3 Å². The maximum absolute atomic E-state index is 13.1. The van der Waals surface area contributed by atoms with Gasteiger partial charge in [-0.15, -0.1) is 0 Å². The minimum Gasteiger partial charge on any atom is -0.481 e. The number of aliphatic carboxylic acids is 1. The maximum Gasteiger partial charge on any atom is 0.337 e. The summed E-state index contributed by atoms with van der Waals surface area (Å²) in [5.74, 6) is -1.02. The van der Waals surface area contributed by atoms with E-state index in [-0.39, 0.29) is 33.5 Å². The van der Waals surface area contributed by atoms with Crippen molar-refractivity contribution in [3.8, 4) is 0 Å². The SMILES string of the molecule is COC(=O)[C@H]1O[C@@H](O[C@H]2CC[C@]3(C)[C@H]4CC=C5[C@H]6CC(C)(C)CC[C@]6(C(=O)O)CC[C@@]5(C)[C@]4(C)CC[C@H]3C2(C)C)[C@H](O[C@@H]2O[C@H](CO)[C@@H](O)[C@H](O)[C@H]2O)[C@@H](O)[C@@H]1O. The number of carbonyl (C=O) groups is 2. The number of carbonyl (C=O) groups excluding carboxylic acids is 1. The summed E-state index contributed by atoms with van der Waals surface area (Å²) < 4.78 is 29.3. The molecule has 0 amide bonds. The number of hydrogen-bond acceptors (Lipinski definition) is 13. The zero-order chi connectivity index (χ0) is 41.8. The van der Waals surface area contributed by atoms with E-state index in [0.717, 1.165) is 58.5 Å². The van der Waals surface area contributed by atoms with Crippen molar-refractivity contribution in [1.29, 1.82) is 0 Å². The zero-order valence-corrected chi connectivity index (χ0v) is 34.9. The van der Waals surface area contributed by atoms with Crippen LogP contribution in [-0.2, 0) is 33.3 Å². The quantitative estimate of drug-likeness (QED) is 0.112. The molecule has 57 heavy (non-hydrogen) atoms. The first kappa shape index (κ1) is 43.4. The number of esters is 1. The van der Waals surface area contributed by atoms with Crippen molar-refractivity contribution < 1.29 is 69.0 Å². The first-order chi connectivity index (χ1) is 26.5. The van der Waals surface area contributed by atoms with Crippen LogP contribution in [0.4, 0.5) is 0 Å². The monoisotopic (exact) mass is 808 g/mol. The average molecular weight is 809 g/mol. The zero-order valence-electron chi connectivity index (χ0n) is 34.9. The van der Waals surface area contributed by atoms with Crippen LogP contribution in [0.2, 0.25) is 0 Å². The molecule has 0 aromatic heterocycles. The molecule has 0 aromatic rings. The van der Waals surface area contributed by atoms with E-state index in [2.05, 4.69) is 54.5 Å². The van der Waals surface area contributed by atoms with Gasteiger partial charge in [-0.25, -0.2) is 4.79 Å². The lowest BCUT2D eigenvalue weighted by Crippen LogP contribution is -2.67. The molecule has 5 aliphatic carbocycles. The van der Waals surface area contributed by atoms with Crippen LogP contribution >= 0.6 is 0 Å². The van der Waals surface area contributed by atoms with Crippen LogP contribution in [0.1, 0.15) is 113 Å². The number of carboxylic acids is 1. The van der Waals surface area contributed by atoms with Gasteiger partial charge < -0.3 is 59.4 Å². The number of carboxylic acid groups (broad SMARTS) is 1. The fourth-order valence-electron chi connectivity index (χ4n) is 13.7. The maximum atomic E-state index is 13.1. The van der Waals surface area contributed by atoms with E-state index in [0.29, 0.717) is 18.8 Å². The van der Waals surface area contributed by atoms with Crippen molar-refractivity contribution in [3.63, 3.8) is 0 Å². The number of aliphatic hydroxyl groups is 6. The molecule has 2 aliphatic heterocycles. The summed E-state index contributed by atoms with van der Waals surface area (Å²) in [6.07, 6.45) is -6.09. The Labute approximate surface area is 336 Å². The Balaban J connectivity index is 1.16. The molecule has 324 valence electrons. The first-order valence-corrected chi connectivity index (χ1v) is 21.2. The molecule has 7 N–H and O–H groups in total. The standard InChI is InChI=1S/C43H68O14/c1-38(2)15-17-43(37(51)52)18-16-41(6)21(22(43)19-38)9-10-25-40(5)13-12-26(39(3,4)24(40)11-14-42(25,41)7)55-36-33(30(48)29(47)32(56-36)34(50)53-8)57-35-31(49)28(46)27(45)23(20-44)54-35/h9,22-33,35-36,44-49H,10-20H2,1-8H3,(H,51,52)/t22-,23-,24+,25-,26+,27-,28+,29+,30+,31-,32+,33-,35+,36-,40+,41-,42-,43+/m1/s1. The van der Waals surface area contributed by atoms with Crippen LogP contribution in [0.25, 0.3) is 0 Å². The Hall–Kier alpha value is -1.72. The fourth-order valence-corrected chi connectivity index (χ4v) is 13.7. The molecule has 14 nitrogen and oxygen atoms in total. The van der Waals surface area contributed by atoms with Crippen molar-refractivity contribution in [1.82, 2.24) is 0 Å². The van der Waals surface area contributed by atoms with E-state index in [1.807, 2.05) is 0 Å². The van der Waals surface area contributed by atoms with E-state index >= 15 is 0 Å². The molecule has 14 heteroatoms. The summed E-state index contributed by atoms with van der Waals surface area (Å²) in [6, 6.07) is 0. The molecule has 0 bridgehead atoms. The number of fused-ring (bicyclic) bond motifs is 7. The average Bonchev–Trinajstić information content (AvgIpc) is 3.15. The van der Waals surface area contributed by atoms with Gasteiger partial charge in [-0.05, 0) is 109 Å². The van der Waals surface area contributed by atoms with Gasteiger partial charge in [0.1, 0.15) is 42.7 Å². The van der Waals surface area contributed by atoms with Crippen LogP contribution in [0.3, 0.4) is 0 Å². The van der Waals surface area contributed by atoms with Gasteiger partial charge in [-0.3, -0.25) is 4.79 Å². The van der Waals surface area contributed by atoms with Crippen molar-refractivity contribution >= 4 is 11.9 Å². The molecular weight excluding hydrogens is 740 g/mol. The van der Waals surface area contributed by atoms with Crippen molar-refractivity contribution in [2.75, 3.05) is 13.7 Å². The highest BCUT2D eigenvalue weighted by molar-refractivity contribution is 5.77. The van der Waals surface area contributed by atoms with Gasteiger partial charge >= 0.3 is 11.9 Å². The Morgan fingerprint density at radius 3 is 2.11 bits per heavy atom. The number of rotatable bonds is 7. The van der Waals surface area contributed by atoms with Crippen LogP contribution in [0, 0.1) is 50.2 Å². The molecule has 0 spiro atoms. The van der Waals surface area contributed by atoms with Crippen molar-refractivity contribution in [2.45, 2.75) is 180 Å². The van der Waals surface area contributed by atoms with Gasteiger partial charge in [0.15, 0.2) is 18.7 Å². The second kappa shape index (κ2) is 14.7. The molecule has 2 saturated heterocycles. The summed E-state index contributed by atoms with van der Waals surface area (Å²) in [7, 11) is 1.13. The topological polar surface area (TPSA) is 222 Å². The minimum atomic E-state index is -1.81. The summed E-state index contributed by atoms with van der Waals surface area (Å²) in [4.78, 5) is 25.9. The molecule has 2 heterocycles. The molecule has 0 aromatic carbocycles. The summed E-state index contributed by atoms with van der Waals surface area (Å²) in [5, 5.41) is 74.5. The molecule has 7 rings (SSSR count).